The summed E-state index contributed by atoms with van der Waals surface area (Å²) in [5.41, 5.74) is 6.36. The van der Waals surface area contributed by atoms with Gasteiger partial charge in [0.25, 0.3) is 11.8 Å². The third kappa shape index (κ3) is 4.77. The van der Waals surface area contributed by atoms with Crippen LogP contribution in [0.5, 0.6) is 0 Å². The summed E-state index contributed by atoms with van der Waals surface area (Å²) in [6, 6.07) is 2.53. The highest BCUT2D eigenvalue weighted by Crippen LogP contribution is 2.40. The van der Waals surface area contributed by atoms with Crippen LogP contribution in [-0.2, 0) is 25.8 Å². The van der Waals surface area contributed by atoms with Crippen molar-refractivity contribution in [1.82, 2.24) is 40.2 Å². The number of fused-ring (bicyclic) bond motifs is 1. The summed E-state index contributed by atoms with van der Waals surface area (Å²) in [7, 11) is 0. The minimum Gasteiger partial charge on any atom is -0.543 e. The van der Waals surface area contributed by atoms with Crippen molar-refractivity contribution >= 4 is 51.9 Å². The van der Waals surface area contributed by atoms with E-state index < -0.39 is 29.2 Å². The van der Waals surface area contributed by atoms with Gasteiger partial charge >= 0.3 is 0 Å². The molecule has 1 saturated heterocycles. The Morgan fingerprint density at radius 1 is 1.39 bits per heavy atom. The van der Waals surface area contributed by atoms with E-state index in [4.69, 9.17) is 10.6 Å². The zero-order valence-electron chi connectivity index (χ0n) is 19.6. The van der Waals surface area contributed by atoms with E-state index in [0.717, 1.165) is 22.0 Å². The molecule has 0 bridgehead atoms. The molecule has 2 aliphatic rings. The standard InChI is InChI=1S/C20H19N11O5S2/c1-2-36-26-11(15-23-20(21)38-27-15)16(32)22-12-17(33)31-13(19(34)35)10(8-37-18(12)31)7-30-5-3-9(4-6-30)14-24-28-29-25-14/h3-6,12,18H,2,7-8H2,1H3,(H4,21,22,23,27,32,34,35)/t12?,18-/m1/s1. The fraction of sp³-hybridized carbons (Fsp3) is 0.300. The van der Waals surface area contributed by atoms with Crippen LogP contribution in [0.25, 0.3) is 11.4 Å². The van der Waals surface area contributed by atoms with Gasteiger partial charge in [-0.2, -0.15) is 14.6 Å². The molecule has 3 aromatic heterocycles. The smallest absolute Gasteiger partial charge is 0.278 e. The van der Waals surface area contributed by atoms with Gasteiger partial charge in [0.15, 0.2) is 24.1 Å². The number of β-lactam (4-membered cyclic amide) rings is 1. The van der Waals surface area contributed by atoms with Crippen molar-refractivity contribution in [2.24, 2.45) is 5.16 Å². The van der Waals surface area contributed by atoms with E-state index >= 15 is 0 Å². The van der Waals surface area contributed by atoms with Gasteiger partial charge in [0.2, 0.25) is 17.4 Å². The number of hydrogen-bond acceptors (Lipinski definition) is 14. The van der Waals surface area contributed by atoms with E-state index in [1.807, 2.05) is 0 Å². The number of nitrogens with zero attached hydrogens (tertiary/aromatic N) is 8. The number of aromatic nitrogens is 7. The number of oxime groups is 1. The predicted molar refractivity (Wildman–Crippen MR) is 129 cm³/mol. The zero-order valence-corrected chi connectivity index (χ0v) is 21.2. The fourth-order valence-electron chi connectivity index (χ4n) is 3.86. The number of pyridine rings is 1. The number of carbonyl (C=O) groups excluding carboxylic acids is 3. The van der Waals surface area contributed by atoms with Gasteiger partial charge in [-0.1, -0.05) is 5.16 Å². The van der Waals surface area contributed by atoms with Gasteiger partial charge in [-0.25, -0.2) is 4.57 Å². The number of tetrazole rings is 1. The molecule has 16 nitrogen and oxygen atoms in total. The normalized spacial score (nSPS) is 19.1. The van der Waals surface area contributed by atoms with E-state index in [0.29, 0.717) is 17.2 Å². The summed E-state index contributed by atoms with van der Waals surface area (Å²) >= 11 is 2.20. The molecule has 38 heavy (non-hydrogen) atoms. The number of aliphatic carboxylic acids is 1. The van der Waals surface area contributed by atoms with Crippen molar-refractivity contribution in [3.63, 3.8) is 0 Å². The second-order valence-electron chi connectivity index (χ2n) is 7.91. The molecular weight excluding hydrogens is 538 g/mol. The van der Waals surface area contributed by atoms with Crippen molar-refractivity contribution in [2.45, 2.75) is 24.9 Å². The summed E-state index contributed by atoms with van der Waals surface area (Å²) in [5.74, 6) is -2.14. The quantitative estimate of drug-likeness (QED) is 0.107. The summed E-state index contributed by atoms with van der Waals surface area (Å²) in [6.45, 7) is 2.07. The summed E-state index contributed by atoms with van der Waals surface area (Å²) < 4.78 is 5.73. The Hall–Kier alpha value is -4.45. The molecule has 4 N–H and O–H groups in total. The first kappa shape index (κ1) is 25.2. The van der Waals surface area contributed by atoms with E-state index in [9.17, 15) is 19.5 Å². The average Bonchev–Trinajstić information content (AvgIpc) is 3.60. The second-order valence-corrected chi connectivity index (χ2v) is 9.80. The zero-order chi connectivity index (χ0) is 26.8. The number of thioether (sulfide) groups is 1. The molecule has 196 valence electrons. The number of carboxylic acids is 1. The number of anilines is 1. The second kappa shape index (κ2) is 10.5. The van der Waals surface area contributed by atoms with Crippen LogP contribution in [0.4, 0.5) is 5.13 Å². The van der Waals surface area contributed by atoms with Crippen LogP contribution in [0.2, 0.25) is 0 Å². The van der Waals surface area contributed by atoms with Crippen molar-refractivity contribution < 1.29 is 28.9 Å². The number of amides is 2. The maximum Gasteiger partial charge on any atom is 0.278 e. The number of rotatable bonds is 9. The first-order valence-electron chi connectivity index (χ1n) is 11.1. The molecule has 18 heteroatoms. The summed E-state index contributed by atoms with van der Waals surface area (Å²) in [4.78, 5) is 48.1. The van der Waals surface area contributed by atoms with E-state index in [2.05, 4.69) is 40.5 Å². The first-order chi connectivity index (χ1) is 18.4. The third-order valence-corrected chi connectivity index (χ3v) is 7.43. The predicted octanol–water partition coefficient (Wildman–Crippen LogP) is -2.57. The van der Waals surface area contributed by atoms with Gasteiger partial charge in [0.1, 0.15) is 18.0 Å². The molecule has 0 aliphatic carbocycles. The lowest BCUT2D eigenvalue weighted by Gasteiger charge is -2.50. The maximum atomic E-state index is 13.0. The Morgan fingerprint density at radius 2 is 2.18 bits per heavy atom. The van der Waals surface area contributed by atoms with Crippen LogP contribution in [0, 0.1) is 0 Å². The van der Waals surface area contributed by atoms with Crippen molar-refractivity contribution in [2.75, 3.05) is 18.1 Å². The largest absolute Gasteiger partial charge is 0.543 e. The van der Waals surface area contributed by atoms with Gasteiger partial charge in [0.05, 0.1) is 11.7 Å². The summed E-state index contributed by atoms with van der Waals surface area (Å²) in [6.07, 6.45) is 3.48. The van der Waals surface area contributed by atoms with Crippen LogP contribution in [-0.4, -0.2) is 82.2 Å². The van der Waals surface area contributed by atoms with E-state index in [1.54, 1.807) is 36.0 Å². The lowest BCUT2D eigenvalue weighted by atomic mass is 10.0. The number of carbonyl (C=O) groups is 3. The molecule has 0 radical (unpaired) electrons. The number of nitrogens with one attached hydrogen (secondary N) is 2. The van der Waals surface area contributed by atoms with Gasteiger partial charge in [-0.3, -0.25) is 14.5 Å². The van der Waals surface area contributed by atoms with Gasteiger partial charge < -0.3 is 25.8 Å². The highest BCUT2D eigenvalue weighted by molar-refractivity contribution is 8.00. The molecule has 2 amide bonds. The number of H-pyrrole nitrogens is 1. The average molecular weight is 558 g/mol. The Bertz CT molecular complexity index is 1440. The van der Waals surface area contributed by atoms with E-state index in [1.165, 1.54) is 11.8 Å². The number of nitrogen functional groups attached to an aromatic ring is 1. The Kier molecular flexibility index (Phi) is 6.97. The lowest BCUT2D eigenvalue weighted by molar-refractivity contribution is -0.689. The van der Waals surface area contributed by atoms with Crippen LogP contribution >= 0.6 is 23.3 Å². The number of hydrogen-bond donors (Lipinski definition) is 3. The van der Waals surface area contributed by atoms with Crippen LogP contribution < -0.4 is 20.7 Å². The fourth-order valence-corrected chi connectivity index (χ4v) is 5.63. The number of aromatic amines is 1. The van der Waals surface area contributed by atoms with Gasteiger partial charge in [-0.15, -0.1) is 22.0 Å². The maximum absolute atomic E-state index is 13.0. The molecular formula is C20H19N11O5S2. The Labute approximate surface area is 222 Å². The van der Waals surface area contributed by atoms with Crippen molar-refractivity contribution in [1.29, 1.82) is 0 Å². The minimum atomic E-state index is -1.48. The third-order valence-electron chi connectivity index (χ3n) is 5.55. The molecule has 0 spiro atoms. The molecule has 3 aromatic rings. The van der Waals surface area contributed by atoms with Crippen molar-refractivity contribution in [3.05, 3.63) is 41.6 Å². The molecule has 0 aromatic carbocycles. The molecule has 2 atom stereocenters. The van der Waals surface area contributed by atoms with E-state index in [-0.39, 0.29) is 35.5 Å². The van der Waals surface area contributed by atoms with Crippen molar-refractivity contribution in [3.8, 4) is 11.4 Å². The SMILES string of the molecule is CCON=C(C(=O)NC1C(=O)N2C(C(=O)[O-])=C(C[n+]3ccc(-c4nn[nH]n4)cc3)CS[C@H]12)c1nsc(N)n1. The number of carboxylic acid groups (broad SMARTS) is 1. The molecule has 0 saturated carbocycles. The molecule has 1 unspecified atom stereocenters. The van der Waals surface area contributed by atoms with Gasteiger partial charge in [0, 0.05) is 40.6 Å². The number of nitrogens with two attached hydrogens (primary N) is 1. The highest BCUT2D eigenvalue weighted by atomic mass is 32.2. The highest BCUT2D eigenvalue weighted by Gasteiger charge is 2.53. The lowest BCUT2D eigenvalue weighted by Crippen LogP contribution is -2.71. The Morgan fingerprint density at radius 3 is 2.82 bits per heavy atom. The summed E-state index contributed by atoms with van der Waals surface area (Å²) in [5, 5.41) is 31.7. The minimum absolute atomic E-state index is 0.0432. The first-order valence-corrected chi connectivity index (χ1v) is 12.9. The monoisotopic (exact) mass is 557 g/mol. The molecule has 5 heterocycles. The molecule has 1 fully saturated rings. The topological polar surface area (TPSA) is 221 Å². The Balaban J connectivity index is 1.32. The van der Waals surface area contributed by atoms with Crippen LogP contribution in [0.15, 0.2) is 41.0 Å². The molecule has 2 aliphatic heterocycles. The van der Waals surface area contributed by atoms with Crippen LogP contribution in [0.3, 0.4) is 0 Å². The van der Waals surface area contributed by atoms with Crippen LogP contribution in [0.1, 0.15) is 12.7 Å². The van der Waals surface area contributed by atoms with Gasteiger partial charge in [-0.05, 0) is 12.1 Å². The molecule has 5 rings (SSSR count).